The molecular weight excluding hydrogens is 248 g/mol. The fraction of sp³-hybridized carbons (Fsp3) is 0.500. The molecule has 2 rings (SSSR count). The molecule has 3 N–H and O–H groups in total. The summed E-state index contributed by atoms with van der Waals surface area (Å²) in [5.74, 6) is 0.315. The second-order valence-electron chi connectivity index (χ2n) is 4.33. The van der Waals surface area contributed by atoms with E-state index in [0.717, 1.165) is 19.5 Å². The largest absolute Gasteiger partial charge is 0.382 e. The van der Waals surface area contributed by atoms with Gasteiger partial charge in [0.05, 0.1) is 0 Å². The summed E-state index contributed by atoms with van der Waals surface area (Å²) in [7, 11) is 0. The van der Waals surface area contributed by atoms with Crippen LogP contribution >= 0.6 is 11.3 Å². The number of carbonyl (C=O) groups excluding carboxylic acids is 1. The Hall–Kier alpha value is -1.56. The van der Waals surface area contributed by atoms with Crippen LogP contribution in [0.1, 0.15) is 29.9 Å². The molecule has 1 amide bonds. The zero-order valence-corrected chi connectivity index (χ0v) is 11.5. The summed E-state index contributed by atoms with van der Waals surface area (Å²) < 4.78 is 0. The number of nitrogens with zero attached hydrogens (tertiary/aromatic N) is 2. The molecule has 1 aromatic heterocycles. The van der Waals surface area contributed by atoms with E-state index in [2.05, 4.69) is 16.4 Å². The summed E-state index contributed by atoms with van der Waals surface area (Å²) in [6.45, 7) is 6.24. The van der Waals surface area contributed by atoms with Gasteiger partial charge in [-0.15, -0.1) is 0 Å². The molecule has 0 saturated carbocycles. The minimum Gasteiger partial charge on any atom is -0.382 e. The van der Waals surface area contributed by atoms with Gasteiger partial charge in [-0.2, -0.15) is 0 Å². The van der Waals surface area contributed by atoms with Crippen LogP contribution in [0, 0.1) is 0 Å². The van der Waals surface area contributed by atoms with E-state index in [1.807, 2.05) is 18.7 Å². The number of amides is 1. The number of anilines is 2. The standard InChI is InChI=1S/C12H18N4OS/c1-3-14-12-15-10(13)9(18-12)11(17)16-6-4-5-8(2)7-16/h5H,3-4,6-7,13H2,1-2H3,(H,14,15). The molecule has 18 heavy (non-hydrogen) atoms. The highest BCUT2D eigenvalue weighted by Gasteiger charge is 2.23. The van der Waals surface area contributed by atoms with Crippen molar-refractivity contribution < 1.29 is 4.79 Å². The number of carbonyl (C=O) groups is 1. The van der Waals surface area contributed by atoms with E-state index in [4.69, 9.17) is 5.73 Å². The predicted octanol–water partition coefficient (Wildman–Crippen LogP) is 1.95. The molecule has 98 valence electrons. The Bertz CT molecular complexity index is 480. The molecule has 1 aromatic rings. The molecule has 0 saturated heterocycles. The molecule has 2 heterocycles. The predicted molar refractivity (Wildman–Crippen MR) is 75.0 cm³/mol. The van der Waals surface area contributed by atoms with Gasteiger partial charge in [0.15, 0.2) is 5.13 Å². The number of nitrogen functional groups attached to an aromatic ring is 1. The Morgan fingerprint density at radius 2 is 2.44 bits per heavy atom. The van der Waals surface area contributed by atoms with Crippen LogP contribution in [0.2, 0.25) is 0 Å². The van der Waals surface area contributed by atoms with Crippen molar-refractivity contribution in [2.75, 3.05) is 30.7 Å². The lowest BCUT2D eigenvalue weighted by molar-refractivity contribution is 0.0771. The quantitative estimate of drug-likeness (QED) is 0.820. The van der Waals surface area contributed by atoms with Crippen LogP contribution in [0.15, 0.2) is 11.6 Å². The van der Waals surface area contributed by atoms with Crippen molar-refractivity contribution in [1.29, 1.82) is 0 Å². The van der Waals surface area contributed by atoms with Crippen LogP contribution in [0.5, 0.6) is 0 Å². The van der Waals surface area contributed by atoms with Gasteiger partial charge in [0.2, 0.25) is 0 Å². The smallest absolute Gasteiger partial charge is 0.268 e. The topological polar surface area (TPSA) is 71.2 Å². The molecule has 0 aromatic carbocycles. The fourth-order valence-electron chi connectivity index (χ4n) is 1.94. The molecular formula is C12H18N4OS. The number of thiazole rings is 1. The fourth-order valence-corrected chi connectivity index (χ4v) is 2.86. The van der Waals surface area contributed by atoms with Crippen LogP contribution in [-0.4, -0.2) is 35.4 Å². The molecule has 0 aliphatic carbocycles. The summed E-state index contributed by atoms with van der Waals surface area (Å²) in [4.78, 5) is 18.9. The number of aromatic nitrogens is 1. The summed E-state index contributed by atoms with van der Waals surface area (Å²) in [6.07, 6.45) is 3.08. The Balaban J connectivity index is 2.15. The maximum atomic E-state index is 12.3. The van der Waals surface area contributed by atoms with Crippen LogP contribution in [0.25, 0.3) is 0 Å². The first-order chi connectivity index (χ1) is 8.61. The van der Waals surface area contributed by atoms with Crippen molar-refractivity contribution in [3.63, 3.8) is 0 Å². The van der Waals surface area contributed by atoms with Gasteiger partial charge in [-0.3, -0.25) is 4.79 Å². The van der Waals surface area contributed by atoms with E-state index in [1.54, 1.807) is 0 Å². The van der Waals surface area contributed by atoms with Gasteiger partial charge in [-0.1, -0.05) is 23.0 Å². The van der Waals surface area contributed by atoms with E-state index in [-0.39, 0.29) is 5.91 Å². The van der Waals surface area contributed by atoms with Crippen molar-refractivity contribution >= 4 is 28.2 Å². The Labute approximate surface area is 111 Å². The number of hydrogen-bond donors (Lipinski definition) is 2. The third-order valence-corrected chi connectivity index (χ3v) is 3.81. The van der Waals surface area contributed by atoms with Crippen LogP contribution in [-0.2, 0) is 0 Å². The van der Waals surface area contributed by atoms with Gasteiger partial charge in [-0.25, -0.2) is 4.98 Å². The zero-order valence-electron chi connectivity index (χ0n) is 10.7. The van der Waals surface area contributed by atoms with Gasteiger partial charge in [0.25, 0.3) is 5.91 Å². The molecule has 6 heteroatoms. The van der Waals surface area contributed by atoms with Crippen molar-refractivity contribution in [2.24, 2.45) is 0 Å². The van der Waals surface area contributed by atoms with Gasteiger partial charge in [0, 0.05) is 19.6 Å². The lowest BCUT2D eigenvalue weighted by atomic mass is 10.1. The van der Waals surface area contributed by atoms with Crippen LogP contribution in [0.4, 0.5) is 10.9 Å². The number of rotatable bonds is 3. The first-order valence-corrected chi connectivity index (χ1v) is 6.88. The zero-order chi connectivity index (χ0) is 13.1. The van der Waals surface area contributed by atoms with Crippen LogP contribution in [0.3, 0.4) is 0 Å². The molecule has 0 unspecified atom stereocenters. The van der Waals surface area contributed by atoms with Crippen molar-refractivity contribution in [2.45, 2.75) is 20.3 Å². The third-order valence-electron chi connectivity index (χ3n) is 2.79. The normalized spacial score (nSPS) is 15.4. The molecule has 1 aliphatic rings. The number of nitrogens with one attached hydrogen (secondary N) is 1. The second-order valence-corrected chi connectivity index (χ2v) is 5.33. The molecule has 0 radical (unpaired) electrons. The van der Waals surface area contributed by atoms with Crippen molar-refractivity contribution in [3.05, 3.63) is 16.5 Å². The molecule has 0 bridgehead atoms. The summed E-state index contributed by atoms with van der Waals surface area (Å²) in [6, 6.07) is 0. The highest BCUT2D eigenvalue weighted by molar-refractivity contribution is 7.18. The molecule has 0 spiro atoms. The first kappa shape index (κ1) is 12.9. The van der Waals surface area contributed by atoms with E-state index >= 15 is 0 Å². The first-order valence-electron chi connectivity index (χ1n) is 6.07. The molecule has 0 fully saturated rings. The molecule has 0 atom stereocenters. The van der Waals surface area contributed by atoms with Gasteiger partial charge in [-0.05, 0) is 20.3 Å². The van der Waals surface area contributed by atoms with E-state index in [9.17, 15) is 4.79 Å². The Morgan fingerprint density at radius 1 is 1.67 bits per heavy atom. The highest BCUT2D eigenvalue weighted by atomic mass is 32.1. The van der Waals surface area contributed by atoms with Crippen molar-refractivity contribution in [1.82, 2.24) is 9.88 Å². The van der Waals surface area contributed by atoms with Gasteiger partial charge < -0.3 is 16.0 Å². The summed E-state index contributed by atoms with van der Waals surface area (Å²) in [5, 5.41) is 3.79. The number of hydrogen-bond acceptors (Lipinski definition) is 5. The average Bonchev–Trinajstić information content (AvgIpc) is 2.70. The minimum atomic E-state index is -0.0124. The van der Waals surface area contributed by atoms with E-state index in [1.165, 1.54) is 16.9 Å². The highest BCUT2D eigenvalue weighted by Crippen LogP contribution is 2.27. The van der Waals surface area contributed by atoms with E-state index < -0.39 is 0 Å². The van der Waals surface area contributed by atoms with E-state index in [0.29, 0.717) is 22.4 Å². The monoisotopic (exact) mass is 266 g/mol. The SMILES string of the molecule is CCNc1nc(N)c(C(=O)N2CCC=C(C)C2)s1. The number of nitrogens with two attached hydrogens (primary N) is 1. The summed E-state index contributed by atoms with van der Waals surface area (Å²) >= 11 is 1.33. The maximum absolute atomic E-state index is 12.3. The second kappa shape index (κ2) is 5.39. The molecule has 5 nitrogen and oxygen atoms in total. The maximum Gasteiger partial charge on any atom is 0.268 e. The molecule has 1 aliphatic heterocycles. The van der Waals surface area contributed by atoms with Crippen molar-refractivity contribution in [3.8, 4) is 0 Å². The Kier molecular flexibility index (Phi) is 3.86. The van der Waals surface area contributed by atoms with Gasteiger partial charge in [0.1, 0.15) is 10.7 Å². The minimum absolute atomic E-state index is 0.0124. The average molecular weight is 266 g/mol. The lowest BCUT2D eigenvalue weighted by Crippen LogP contribution is -2.35. The van der Waals surface area contributed by atoms with Gasteiger partial charge >= 0.3 is 0 Å². The van der Waals surface area contributed by atoms with Crippen LogP contribution < -0.4 is 11.1 Å². The summed E-state index contributed by atoms with van der Waals surface area (Å²) in [5.41, 5.74) is 7.04. The Morgan fingerprint density at radius 3 is 3.11 bits per heavy atom. The lowest BCUT2D eigenvalue weighted by Gasteiger charge is -2.25. The third kappa shape index (κ3) is 2.64.